The summed E-state index contributed by atoms with van der Waals surface area (Å²) in [6, 6.07) is 0. The summed E-state index contributed by atoms with van der Waals surface area (Å²) in [6.45, 7) is 2.20. The molecule has 1 rings (SSSR count). The summed E-state index contributed by atoms with van der Waals surface area (Å²) in [4.78, 5) is 0. The third-order valence-corrected chi connectivity index (χ3v) is 2.17. The molecule has 1 N–H and O–H groups in total. The lowest BCUT2D eigenvalue weighted by molar-refractivity contribution is 0.142. The van der Waals surface area contributed by atoms with Crippen LogP contribution in [-0.4, -0.2) is 11.2 Å². The second-order valence-electron chi connectivity index (χ2n) is 2.89. The largest absolute Gasteiger partial charge is 0.393 e. The maximum atomic E-state index is 9.16. The molecular formula is C8H15O. The van der Waals surface area contributed by atoms with Crippen molar-refractivity contribution in [3.8, 4) is 0 Å². The highest BCUT2D eigenvalue weighted by Crippen LogP contribution is 2.25. The van der Waals surface area contributed by atoms with Crippen LogP contribution in [0.25, 0.3) is 0 Å². The van der Waals surface area contributed by atoms with Crippen LogP contribution in [0.1, 0.15) is 32.6 Å². The van der Waals surface area contributed by atoms with E-state index in [1.54, 1.807) is 0 Å². The summed E-state index contributed by atoms with van der Waals surface area (Å²) in [7, 11) is 0. The molecule has 0 aliphatic heterocycles. The van der Waals surface area contributed by atoms with Gasteiger partial charge in [-0.25, -0.2) is 0 Å². The zero-order chi connectivity index (χ0) is 6.69. The molecule has 1 nitrogen and oxygen atoms in total. The van der Waals surface area contributed by atoms with E-state index in [9.17, 15) is 0 Å². The Morgan fingerprint density at radius 1 is 1.67 bits per heavy atom. The minimum absolute atomic E-state index is 0.108. The Labute approximate surface area is 57.1 Å². The van der Waals surface area contributed by atoms with E-state index in [0.29, 0.717) is 0 Å². The molecule has 0 bridgehead atoms. The van der Waals surface area contributed by atoms with Crippen LogP contribution in [0.15, 0.2) is 0 Å². The smallest absolute Gasteiger partial charge is 0.0574 e. The lowest BCUT2D eigenvalue weighted by atomic mass is 9.86. The molecule has 0 aromatic rings. The molecule has 1 heteroatoms. The molecule has 1 fully saturated rings. The molecule has 53 valence electrons. The lowest BCUT2D eigenvalue weighted by Crippen LogP contribution is -2.19. The Hall–Kier alpha value is -0.0400. The fraction of sp³-hybridized carbons (Fsp3) is 0.875. The van der Waals surface area contributed by atoms with E-state index in [2.05, 4.69) is 6.92 Å². The molecule has 1 aliphatic carbocycles. The van der Waals surface area contributed by atoms with Gasteiger partial charge < -0.3 is 5.11 Å². The third kappa shape index (κ3) is 1.98. The summed E-state index contributed by atoms with van der Waals surface area (Å²) in [6.07, 6.45) is 6.53. The van der Waals surface area contributed by atoms with Crippen LogP contribution in [0.4, 0.5) is 0 Å². The van der Waals surface area contributed by atoms with Crippen molar-refractivity contribution in [2.45, 2.75) is 38.7 Å². The average Bonchev–Trinajstić information content (AvgIpc) is 1.88. The minimum Gasteiger partial charge on any atom is -0.393 e. The summed E-state index contributed by atoms with van der Waals surface area (Å²) < 4.78 is 0. The standard InChI is InChI=1S/C8H15O/c1-2-7-4-3-5-8(9)6-7/h5,7-9H,2-4,6H2,1H3. The van der Waals surface area contributed by atoms with Crippen LogP contribution in [0.5, 0.6) is 0 Å². The molecule has 2 atom stereocenters. The van der Waals surface area contributed by atoms with Crippen LogP contribution in [0, 0.1) is 12.3 Å². The van der Waals surface area contributed by atoms with E-state index < -0.39 is 0 Å². The molecule has 2 unspecified atom stereocenters. The van der Waals surface area contributed by atoms with Gasteiger partial charge in [0.05, 0.1) is 6.10 Å². The first-order chi connectivity index (χ1) is 4.33. The molecule has 0 saturated heterocycles. The first-order valence-electron chi connectivity index (χ1n) is 3.84. The van der Waals surface area contributed by atoms with Gasteiger partial charge in [0.25, 0.3) is 0 Å². The van der Waals surface area contributed by atoms with Gasteiger partial charge in [0.1, 0.15) is 0 Å². The van der Waals surface area contributed by atoms with E-state index in [0.717, 1.165) is 18.8 Å². The molecule has 0 aromatic carbocycles. The summed E-state index contributed by atoms with van der Waals surface area (Å²) in [5.74, 6) is 0.782. The predicted octanol–water partition coefficient (Wildman–Crippen LogP) is 1.76. The number of aliphatic hydroxyl groups excluding tert-OH is 1. The first kappa shape index (κ1) is 7.07. The van der Waals surface area contributed by atoms with E-state index in [1.165, 1.54) is 12.8 Å². The van der Waals surface area contributed by atoms with Crippen molar-refractivity contribution in [2.75, 3.05) is 0 Å². The molecule has 0 spiro atoms. The normalized spacial score (nSPS) is 36.7. The lowest BCUT2D eigenvalue weighted by Gasteiger charge is -2.23. The predicted molar refractivity (Wildman–Crippen MR) is 37.9 cm³/mol. The second-order valence-corrected chi connectivity index (χ2v) is 2.89. The zero-order valence-electron chi connectivity index (χ0n) is 6.01. The van der Waals surface area contributed by atoms with E-state index >= 15 is 0 Å². The molecular weight excluding hydrogens is 112 g/mol. The molecule has 0 aromatic heterocycles. The van der Waals surface area contributed by atoms with Crippen molar-refractivity contribution in [3.05, 3.63) is 6.42 Å². The van der Waals surface area contributed by atoms with Gasteiger partial charge in [-0.15, -0.1) is 0 Å². The van der Waals surface area contributed by atoms with Gasteiger partial charge >= 0.3 is 0 Å². The van der Waals surface area contributed by atoms with Gasteiger partial charge in [-0.2, -0.15) is 0 Å². The van der Waals surface area contributed by atoms with Gasteiger partial charge in [-0.1, -0.05) is 13.3 Å². The molecule has 1 saturated carbocycles. The highest BCUT2D eigenvalue weighted by molar-refractivity contribution is 4.83. The fourth-order valence-corrected chi connectivity index (χ4v) is 1.45. The summed E-state index contributed by atoms with van der Waals surface area (Å²) in [5, 5.41) is 9.16. The quantitative estimate of drug-likeness (QED) is 0.569. The Bertz CT molecular complexity index is 80.6. The van der Waals surface area contributed by atoms with Crippen LogP contribution in [-0.2, 0) is 0 Å². The van der Waals surface area contributed by atoms with Gasteiger partial charge in [0, 0.05) is 0 Å². The van der Waals surface area contributed by atoms with Crippen molar-refractivity contribution < 1.29 is 5.11 Å². The van der Waals surface area contributed by atoms with Crippen LogP contribution in [0.2, 0.25) is 0 Å². The summed E-state index contributed by atoms with van der Waals surface area (Å²) >= 11 is 0. The summed E-state index contributed by atoms with van der Waals surface area (Å²) in [5.41, 5.74) is 0. The first-order valence-corrected chi connectivity index (χ1v) is 3.84. The SMILES string of the molecule is CCC1CC[CH]C(O)C1. The van der Waals surface area contributed by atoms with Gasteiger partial charge in [-0.05, 0) is 31.6 Å². The number of hydrogen-bond acceptors (Lipinski definition) is 1. The van der Waals surface area contributed by atoms with E-state index in [4.69, 9.17) is 5.11 Å². The maximum absolute atomic E-state index is 9.16. The Kier molecular flexibility index (Phi) is 2.52. The molecule has 1 radical (unpaired) electrons. The Balaban J connectivity index is 2.23. The van der Waals surface area contributed by atoms with Crippen LogP contribution in [0.3, 0.4) is 0 Å². The van der Waals surface area contributed by atoms with Crippen molar-refractivity contribution in [1.29, 1.82) is 0 Å². The molecule has 1 aliphatic rings. The average molecular weight is 127 g/mol. The highest BCUT2D eigenvalue weighted by atomic mass is 16.3. The number of rotatable bonds is 1. The molecule has 9 heavy (non-hydrogen) atoms. The number of aliphatic hydroxyl groups is 1. The maximum Gasteiger partial charge on any atom is 0.0574 e. The number of hydrogen-bond donors (Lipinski definition) is 1. The monoisotopic (exact) mass is 127 g/mol. The second kappa shape index (κ2) is 3.21. The zero-order valence-corrected chi connectivity index (χ0v) is 6.01. The van der Waals surface area contributed by atoms with E-state index in [-0.39, 0.29) is 6.10 Å². The molecule has 0 amide bonds. The fourth-order valence-electron chi connectivity index (χ4n) is 1.45. The Morgan fingerprint density at radius 3 is 2.89 bits per heavy atom. The van der Waals surface area contributed by atoms with Gasteiger partial charge in [0.15, 0.2) is 0 Å². The third-order valence-electron chi connectivity index (χ3n) is 2.17. The molecule has 0 heterocycles. The Morgan fingerprint density at radius 2 is 2.44 bits per heavy atom. The van der Waals surface area contributed by atoms with Crippen molar-refractivity contribution >= 4 is 0 Å². The van der Waals surface area contributed by atoms with Crippen molar-refractivity contribution in [1.82, 2.24) is 0 Å². The van der Waals surface area contributed by atoms with Gasteiger partial charge in [0.2, 0.25) is 0 Å². The van der Waals surface area contributed by atoms with Crippen molar-refractivity contribution in [2.24, 2.45) is 5.92 Å². The van der Waals surface area contributed by atoms with Gasteiger partial charge in [-0.3, -0.25) is 0 Å². The topological polar surface area (TPSA) is 20.2 Å². The highest BCUT2D eigenvalue weighted by Gasteiger charge is 2.17. The minimum atomic E-state index is -0.108. The van der Waals surface area contributed by atoms with Crippen LogP contribution >= 0.6 is 0 Å². The van der Waals surface area contributed by atoms with Crippen LogP contribution < -0.4 is 0 Å². The van der Waals surface area contributed by atoms with E-state index in [1.807, 2.05) is 6.42 Å². The van der Waals surface area contributed by atoms with Crippen molar-refractivity contribution in [3.63, 3.8) is 0 Å².